The van der Waals surface area contributed by atoms with Crippen LogP contribution in [-0.2, 0) is 21.5 Å². The second-order valence-electron chi connectivity index (χ2n) is 5.85. The van der Waals surface area contributed by atoms with Crippen molar-refractivity contribution in [1.82, 2.24) is 19.6 Å². The molecule has 2 heterocycles. The van der Waals surface area contributed by atoms with Crippen LogP contribution in [0.5, 0.6) is 5.88 Å². The van der Waals surface area contributed by atoms with Crippen molar-refractivity contribution in [2.24, 2.45) is 0 Å². The number of para-hydroxylation sites is 1. The molecule has 0 aliphatic heterocycles. The number of methoxy groups -OCH3 is 1. The molecular weight excluding hydrogens is 410 g/mol. The van der Waals surface area contributed by atoms with Crippen molar-refractivity contribution >= 4 is 33.1 Å². The van der Waals surface area contributed by atoms with Crippen LogP contribution in [-0.4, -0.2) is 48.1 Å². The molecule has 13 heteroatoms. The minimum Gasteiger partial charge on any atom is -0.481 e. The van der Waals surface area contributed by atoms with Crippen molar-refractivity contribution < 1.29 is 26.7 Å². The number of nitrogens with zero attached hydrogens (tertiary/aromatic N) is 5. The molecule has 0 aliphatic carbocycles. The molecule has 29 heavy (non-hydrogen) atoms. The number of carbonyl (C=O) groups excluding carboxylic acids is 1. The summed E-state index contributed by atoms with van der Waals surface area (Å²) in [5.41, 5.74) is -0.480. The fourth-order valence-electron chi connectivity index (χ4n) is 2.44. The van der Waals surface area contributed by atoms with Gasteiger partial charge >= 0.3 is 0 Å². The molecule has 0 unspecified atom stereocenters. The maximum Gasteiger partial charge on any atom is 0.299 e. The van der Waals surface area contributed by atoms with Gasteiger partial charge in [0.15, 0.2) is 0 Å². The number of halogens is 2. The Kier molecular flexibility index (Phi) is 5.33. The molecule has 1 aromatic carbocycles. The van der Waals surface area contributed by atoms with Crippen LogP contribution in [0.1, 0.15) is 12.6 Å². The lowest BCUT2D eigenvalue weighted by Crippen LogP contribution is -2.25. The number of nitrogens with one attached hydrogen (secondary N) is 1. The summed E-state index contributed by atoms with van der Waals surface area (Å²) in [6.45, 7) is 0.323. The van der Waals surface area contributed by atoms with Crippen LogP contribution in [0.15, 0.2) is 29.4 Å². The monoisotopic (exact) mass is 426 g/mol. The molecule has 10 nitrogen and oxygen atoms in total. The summed E-state index contributed by atoms with van der Waals surface area (Å²) in [4.78, 5) is 20.3. The van der Waals surface area contributed by atoms with E-state index in [1.165, 1.54) is 39.3 Å². The second kappa shape index (κ2) is 7.58. The Labute approximate surface area is 164 Å². The number of benzene rings is 1. The number of aromatic nitrogens is 4. The number of hydrogen-bond acceptors (Lipinski definition) is 7. The third-order valence-electron chi connectivity index (χ3n) is 3.96. The number of ether oxygens (including phenoxy) is 1. The number of alkyl halides is 1. The molecule has 0 atom stereocenters. The zero-order valence-corrected chi connectivity index (χ0v) is 16.4. The Morgan fingerprint density at radius 3 is 2.69 bits per heavy atom. The van der Waals surface area contributed by atoms with Crippen LogP contribution in [0.25, 0.3) is 5.78 Å². The number of fused-ring (bicyclic) bond motifs is 1. The Hall–Kier alpha value is -3.35. The van der Waals surface area contributed by atoms with E-state index in [1.807, 2.05) is 0 Å². The number of rotatable bonds is 6. The molecular formula is C16H16F2N6O4S. The topological polar surface area (TPSA) is 119 Å². The molecule has 1 amide bonds. The highest BCUT2D eigenvalue weighted by Crippen LogP contribution is 2.30. The summed E-state index contributed by atoms with van der Waals surface area (Å²) in [6.07, 6.45) is 0. The molecule has 0 bridgehead atoms. The van der Waals surface area contributed by atoms with E-state index in [4.69, 9.17) is 4.74 Å². The number of hydrogen-bond donors (Lipinski definition) is 1. The first-order chi connectivity index (χ1) is 13.7. The maximum absolute atomic E-state index is 14.4. The van der Waals surface area contributed by atoms with E-state index in [9.17, 15) is 22.0 Å². The Bertz CT molecular complexity index is 1200. The van der Waals surface area contributed by atoms with E-state index in [0.717, 1.165) is 15.5 Å². The molecule has 3 aromatic rings. The second-order valence-corrected chi connectivity index (χ2v) is 7.42. The summed E-state index contributed by atoms with van der Waals surface area (Å²) in [7, 11) is -1.83. The first-order valence-electron chi connectivity index (χ1n) is 8.10. The maximum atomic E-state index is 14.4. The van der Waals surface area contributed by atoms with Gasteiger partial charge in [-0.05, 0) is 12.1 Å². The lowest BCUT2D eigenvalue weighted by Gasteiger charge is -2.19. The number of sulfonamides is 1. The van der Waals surface area contributed by atoms with Crippen molar-refractivity contribution in [3.63, 3.8) is 0 Å². The molecule has 2 aromatic heterocycles. The molecule has 0 saturated heterocycles. The standard InChI is InChI=1S/C16H16F2N6O4S/c1-9(25)23(2)12-6-4-5-11(18)14(12)22-29(26,27)16-20-15-19-10(8-17)7-13(28-3)24(15)21-16/h4-7,22H,8H2,1-3H3. The first kappa shape index (κ1) is 20.4. The molecule has 3 rings (SSSR count). The Morgan fingerprint density at radius 2 is 2.07 bits per heavy atom. The van der Waals surface area contributed by atoms with E-state index >= 15 is 0 Å². The fraction of sp³-hybridized carbons (Fsp3) is 0.250. The predicted molar refractivity (Wildman–Crippen MR) is 98.4 cm³/mol. The number of amides is 1. The average Bonchev–Trinajstić information content (AvgIpc) is 3.13. The fourth-order valence-corrected chi connectivity index (χ4v) is 3.39. The summed E-state index contributed by atoms with van der Waals surface area (Å²) in [6, 6.07) is 4.97. The van der Waals surface area contributed by atoms with E-state index < -0.39 is 39.3 Å². The van der Waals surface area contributed by atoms with E-state index in [0.29, 0.717) is 0 Å². The number of anilines is 2. The van der Waals surface area contributed by atoms with Crippen molar-refractivity contribution in [2.75, 3.05) is 23.8 Å². The number of carbonyl (C=O) groups is 1. The molecule has 0 spiro atoms. The average molecular weight is 426 g/mol. The van der Waals surface area contributed by atoms with Crippen LogP contribution < -0.4 is 14.4 Å². The normalized spacial score (nSPS) is 11.5. The third kappa shape index (κ3) is 3.81. The van der Waals surface area contributed by atoms with Gasteiger partial charge in [0, 0.05) is 20.0 Å². The van der Waals surface area contributed by atoms with Gasteiger partial charge in [0.25, 0.3) is 21.0 Å². The van der Waals surface area contributed by atoms with Gasteiger partial charge < -0.3 is 9.64 Å². The van der Waals surface area contributed by atoms with Gasteiger partial charge in [-0.2, -0.15) is 17.9 Å². The van der Waals surface area contributed by atoms with Crippen LogP contribution in [0, 0.1) is 5.82 Å². The molecule has 0 fully saturated rings. The quantitative estimate of drug-likeness (QED) is 0.635. The van der Waals surface area contributed by atoms with E-state index in [2.05, 4.69) is 19.8 Å². The van der Waals surface area contributed by atoms with Gasteiger partial charge in [-0.1, -0.05) is 6.07 Å². The van der Waals surface area contributed by atoms with Gasteiger partial charge in [0.2, 0.25) is 11.8 Å². The first-order valence-corrected chi connectivity index (χ1v) is 9.58. The van der Waals surface area contributed by atoms with Crippen LogP contribution in [0.2, 0.25) is 0 Å². The molecule has 154 valence electrons. The Balaban J connectivity index is 2.09. The summed E-state index contributed by atoms with van der Waals surface area (Å²) in [5.74, 6) is -1.54. The highest BCUT2D eigenvalue weighted by molar-refractivity contribution is 7.92. The molecule has 1 N–H and O–H groups in total. The van der Waals surface area contributed by atoms with Crippen LogP contribution in [0.4, 0.5) is 20.2 Å². The summed E-state index contributed by atoms with van der Waals surface area (Å²) >= 11 is 0. The minimum atomic E-state index is -4.48. The zero-order chi connectivity index (χ0) is 21.3. The third-order valence-corrected chi connectivity index (χ3v) is 5.09. The summed E-state index contributed by atoms with van der Waals surface area (Å²) in [5, 5.41) is 3.07. The zero-order valence-electron chi connectivity index (χ0n) is 15.5. The Morgan fingerprint density at radius 1 is 1.34 bits per heavy atom. The molecule has 0 radical (unpaired) electrons. The van der Waals surface area contributed by atoms with Crippen molar-refractivity contribution in [1.29, 1.82) is 0 Å². The SMILES string of the molecule is COc1cc(CF)nc2nc(S(=O)(=O)Nc3c(F)cccc3N(C)C(C)=O)nn12. The highest BCUT2D eigenvalue weighted by atomic mass is 32.2. The van der Waals surface area contributed by atoms with Crippen molar-refractivity contribution in [2.45, 2.75) is 18.8 Å². The highest BCUT2D eigenvalue weighted by Gasteiger charge is 2.26. The van der Waals surface area contributed by atoms with Crippen LogP contribution >= 0.6 is 0 Å². The van der Waals surface area contributed by atoms with Gasteiger partial charge in [0.05, 0.1) is 18.5 Å². The van der Waals surface area contributed by atoms with Crippen LogP contribution in [0.3, 0.4) is 0 Å². The minimum absolute atomic E-state index is 0.000241. The van der Waals surface area contributed by atoms with Crippen molar-refractivity contribution in [3.8, 4) is 5.88 Å². The lowest BCUT2D eigenvalue weighted by atomic mass is 10.2. The molecule has 0 aliphatic rings. The smallest absolute Gasteiger partial charge is 0.299 e. The van der Waals surface area contributed by atoms with E-state index in [-0.39, 0.29) is 23.0 Å². The van der Waals surface area contributed by atoms with E-state index in [1.54, 1.807) is 0 Å². The van der Waals surface area contributed by atoms with Gasteiger partial charge in [-0.3, -0.25) is 9.52 Å². The predicted octanol–water partition coefficient (Wildman–Crippen LogP) is 1.52. The van der Waals surface area contributed by atoms with Crippen molar-refractivity contribution in [3.05, 3.63) is 35.8 Å². The lowest BCUT2D eigenvalue weighted by molar-refractivity contribution is -0.116. The van der Waals surface area contributed by atoms with Gasteiger partial charge in [-0.25, -0.2) is 13.8 Å². The van der Waals surface area contributed by atoms with Gasteiger partial charge in [0.1, 0.15) is 18.2 Å². The largest absolute Gasteiger partial charge is 0.481 e. The van der Waals surface area contributed by atoms with Gasteiger partial charge in [-0.15, -0.1) is 5.10 Å². The molecule has 0 saturated carbocycles. The summed E-state index contributed by atoms with van der Waals surface area (Å²) < 4.78 is 60.9.